The number of aryl methyl sites for hydroxylation is 1. The maximum Gasteiger partial charge on any atom is 0.227 e. The molecule has 116 valence electrons. The van der Waals surface area contributed by atoms with Gasteiger partial charge in [-0.2, -0.15) is 0 Å². The van der Waals surface area contributed by atoms with Gasteiger partial charge in [-0.15, -0.1) is 0 Å². The molecule has 1 N–H and O–H groups in total. The zero-order valence-electron chi connectivity index (χ0n) is 12.8. The molecule has 3 rings (SSSR count). The van der Waals surface area contributed by atoms with Crippen molar-refractivity contribution in [2.75, 3.05) is 5.32 Å². The molecule has 23 heavy (non-hydrogen) atoms. The fourth-order valence-electron chi connectivity index (χ4n) is 2.33. The van der Waals surface area contributed by atoms with Crippen LogP contribution in [0.25, 0.3) is 5.52 Å². The molecular weight excluding hydrogens is 290 g/mol. The summed E-state index contributed by atoms with van der Waals surface area (Å²) in [6.45, 7) is 1.97. The van der Waals surface area contributed by atoms with Crippen molar-refractivity contribution in [1.29, 1.82) is 0 Å². The van der Waals surface area contributed by atoms with Crippen molar-refractivity contribution in [2.45, 2.75) is 19.8 Å². The summed E-state index contributed by atoms with van der Waals surface area (Å²) < 4.78 is 1.79. The number of rotatable bonds is 5. The Balaban J connectivity index is 1.59. The van der Waals surface area contributed by atoms with E-state index >= 15 is 0 Å². The van der Waals surface area contributed by atoms with Crippen LogP contribution >= 0.6 is 0 Å². The second-order valence-electron chi connectivity index (χ2n) is 5.41. The minimum absolute atomic E-state index is 0.0341. The molecule has 0 aliphatic heterocycles. The minimum atomic E-state index is -0.221. The number of carbonyl (C=O) groups is 2. The van der Waals surface area contributed by atoms with Gasteiger partial charge in [-0.3, -0.25) is 19.3 Å². The normalized spacial score (nSPS) is 10.7. The van der Waals surface area contributed by atoms with Crippen LogP contribution in [-0.2, 0) is 4.79 Å². The molecule has 1 aromatic carbocycles. The van der Waals surface area contributed by atoms with Crippen molar-refractivity contribution in [3.05, 3.63) is 66.0 Å². The molecule has 0 saturated carbocycles. The average molecular weight is 307 g/mol. The van der Waals surface area contributed by atoms with Crippen molar-refractivity contribution in [2.24, 2.45) is 0 Å². The van der Waals surface area contributed by atoms with Crippen LogP contribution in [0.3, 0.4) is 0 Å². The van der Waals surface area contributed by atoms with Crippen molar-refractivity contribution in [3.63, 3.8) is 0 Å². The van der Waals surface area contributed by atoms with E-state index in [1.807, 2.05) is 43.5 Å². The van der Waals surface area contributed by atoms with Crippen molar-refractivity contribution in [1.82, 2.24) is 9.38 Å². The molecule has 0 spiro atoms. The quantitative estimate of drug-likeness (QED) is 0.736. The molecule has 0 aliphatic rings. The van der Waals surface area contributed by atoms with Crippen LogP contribution in [0.2, 0.25) is 0 Å². The molecule has 3 aromatic rings. The molecule has 0 saturated heterocycles. The zero-order valence-corrected chi connectivity index (χ0v) is 12.8. The number of fused-ring (bicyclic) bond motifs is 1. The topological polar surface area (TPSA) is 63.5 Å². The Morgan fingerprint density at radius 3 is 2.65 bits per heavy atom. The Hall–Kier alpha value is -2.95. The fourth-order valence-corrected chi connectivity index (χ4v) is 2.33. The maximum atomic E-state index is 12.1. The summed E-state index contributed by atoms with van der Waals surface area (Å²) in [6.07, 6.45) is 3.83. The number of carbonyl (C=O) groups excluding carboxylic acids is 2. The number of anilines is 1. The summed E-state index contributed by atoms with van der Waals surface area (Å²) in [5.74, 6) is 0.211. The van der Waals surface area contributed by atoms with Crippen LogP contribution in [0.15, 0.2) is 54.9 Å². The third-order valence-electron chi connectivity index (χ3n) is 3.64. The van der Waals surface area contributed by atoms with Crippen LogP contribution in [0.1, 0.15) is 28.8 Å². The summed E-state index contributed by atoms with van der Waals surface area (Å²) >= 11 is 0. The van der Waals surface area contributed by atoms with E-state index in [-0.39, 0.29) is 24.5 Å². The predicted octanol–water partition coefficient (Wildman–Crippen LogP) is 3.24. The Bertz CT molecular complexity index is 850. The highest BCUT2D eigenvalue weighted by Gasteiger charge is 2.11. The number of hydrogen-bond acceptors (Lipinski definition) is 3. The van der Waals surface area contributed by atoms with Gasteiger partial charge in [0, 0.05) is 24.6 Å². The van der Waals surface area contributed by atoms with E-state index in [1.165, 1.54) is 0 Å². The number of hydrogen-bond donors (Lipinski definition) is 1. The van der Waals surface area contributed by atoms with Gasteiger partial charge in [0.2, 0.25) is 11.9 Å². The van der Waals surface area contributed by atoms with E-state index in [2.05, 4.69) is 10.3 Å². The molecule has 2 heterocycles. The summed E-state index contributed by atoms with van der Waals surface area (Å²) in [4.78, 5) is 28.3. The molecule has 2 aromatic heterocycles. The number of imidazole rings is 1. The van der Waals surface area contributed by atoms with Crippen molar-refractivity contribution in [3.8, 4) is 0 Å². The maximum absolute atomic E-state index is 12.1. The number of aromatic nitrogens is 2. The molecule has 0 bridgehead atoms. The van der Waals surface area contributed by atoms with Gasteiger partial charge in [0.05, 0.1) is 11.7 Å². The highest BCUT2D eigenvalue weighted by molar-refractivity contribution is 5.99. The molecule has 1 amide bonds. The first-order valence-electron chi connectivity index (χ1n) is 7.45. The molecule has 0 atom stereocenters. The third kappa shape index (κ3) is 3.45. The first kappa shape index (κ1) is 15.0. The first-order chi connectivity index (χ1) is 11.1. The number of ketones is 1. The van der Waals surface area contributed by atoms with Gasteiger partial charge in [-0.25, -0.2) is 4.98 Å². The lowest BCUT2D eigenvalue weighted by Crippen LogP contribution is -2.15. The van der Waals surface area contributed by atoms with E-state index in [1.54, 1.807) is 22.7 Å². The van der Waals surface area contributed by atoms with Gasteiger partial charge in [-0.1, -0.05) is 35.9 Å². The standard InChI is InChI=1S/C18H17N3O2/c1-13-5-7-14(8-6-13)16(22)9-10-17(23)20-18-19-12-15-4-2-3-11-21(15)18/h2-8,11-12H,9-10H2,1H3,(H,19,20,23). The molecular formula is C18H17N3O2. The van der Waals surface area contributed by atoms with E-state index in [0.29, 0.717) is 11.5 Å². The highest BCUT2D eigenvalue weighted by atomic mass is 16.2. The number of Topliss-reactive ketones (excluding diaryl/α,β-unsaturated/α-hetero) is 1. The third-order valence-corrected chi connectivity index (χ3v) is 3.64. The van der Waals surface area contributed by atoms with E-state index in [9.17, 15) is 9.59 Å². The van der Waals surface area contributed by atoms with Crippen molar-refractivity contribution >= 4 is 23.2 Å². The van der Waals surface area contributed by atoms with E-state index < -0.39 is 0 Å². The number of nitrogens with one attached hydrogen (secondary N) is 1. The average Bonchev–Trinajstić information content (AvgIpc) is 2.96. The minimum Gasteiger partial charge on any atom is -0.296 e. The van der Waals surface area contributed by atoms with Crippen LogP contribution in [0.4, 0.5) is 5.95 Å². The number of benzene rings is 1. The molecule has 0 radical (unpaired) electrons. The van der Waals surface area contributed by atoms with Crippen LogP contribution < -0.4 is 5.32 Å². The lowest BCUT2D eigenvalue weighted by atomic mass is 10.1. The lowest BCUT2D eigenvalue weighted by Gasteiger charge is -2.04. The van der Waals surface area contributed by atoms with Crippen LogP contribution in [0.5, 0.6) is 0 Å². The van der Waals surface area contributed by atoms with Gasteiger partial charge >= 0.3 is 0 Å². The molecule has 0 fully saturated rings. The van der Waals surface area contributed by atoms with Gasteiger partial charge in [0.25, 0.3) is 0 Å². The molecule has 0 aliphatic carbocycles. The summed E-state index contributed by atoms with van der Waals surface area (Å²) in [5, 5.41) is 2.74. The monoisotopic (exact) mass is 307 g/mol. The number of amides is 1. The van der Waals surface area contributed by atoms with Gasteiger partial charge in [-0.05, 0) is 19.1 Å². The highest BCUT2D eigenvalue weighted by Crippen LogP contribution is 2.12. The Morgan fingerprint density at radius 1 is 1.09 bits per heavy atom. The summed E-state index contributed by atoms with van der Waals surface area (Å²) in [7, 11) is 0. The lowest BCUT2D eigenvalue weighted by molar-refractivity contribution is -0.116. The van der Waals surface area contributed by atoms with Crippen LogP contribution in [-0.4, -0.2) is 21.1 Å². The second-order valence-corrected chi connectivity index (χ2v) is 5.41. The first-order valence-corrected chi connectivity index (χ1v) is 7.45. The fraction of sp³-hybridized carbons (Fsp3) is 0.167. The SMILES string of the molecule is Cc1ccc(C(=O)CCC(=O)Nc2ncc3ccccn23)cc1. The smallest absolute Gasteiger partial charge is 0.227 e. The zero-order chi connectivity index (χ0) is 16.2. The summed E-state index contributed by atoms with van der Waals surface area (Å²) in [6, 6.07) is 13.0. The number of pyridine rings is 1. The Kier molecular flexibility index (Phi) is 4.19. The Morgan fingerprint density at radius 2 is 1.87 bits per heavy atom. The number of nitrogens with zero attached hydrogens (tertiary/aromatic N) is 2. The molecule has 5 nitrogen and oxygen atoms in total. The molecule has 5 heteroatoms. The predicted molar refractivity (Wildman–Crippen MR) is 88.6 cm³/mol. The Labute approximate surface area is 134 Å². The summed E-state index contributed by atoms with van der Waals surface area (Å²) in [5.41, 5.74) is 2.64. The largest absolute Gasteiger partial charge is 0.296 e. The van der Waals surface area contributed by atoms with Gasteiger partial charge < -0.3 is 0 Å². The van der Waals surface area contributed by atoms with E-state index in [4.69, 9.17) is 0 Å². The molecule has 0 unspecified atom stereocenters. The second kappa shape index (κ2) is 6.44. The van der Waals surface area contributed by atoms with Gasteiger partial charge in [0.1, 0.15) is 0 Å². The van der Waals surface area contributed by atoms with Gasteiger partial charge in [0.15, 0.2) is 5.78 Å². The van der Waals surface area contributed by atoms with Crippen LogP contribution in [0, 0.1) is 6.92 Å². The van der Waals surface area contributed by atoms with Crippen molar-refractivity contribution < 1.29 is 9.59 Å². The van der Waals surface area contributed by atoms with E-state index in [0.717, 1.165) is 11.1 Å².